The fourth-order valence-electron chi connectivity index (χ4n) is 12.9. The fraction of sp³-hybridized carbons (Fsp3) is 0.200. The number of aromatic hydroxyl groups is 1. The summed E-state index contributed by atoms with van der Waals surface area (Å²) in [5.41, 5.74) is 17.7. The highest BCUT2D eigenvalue weighted by atomic mass is 16.3. The molecule has 1 aliphatic heterocycles. The largest absolute Gasteiger partial charge is 0.507 e. The summed E-state index contributed by atoms with van der Waals surface area (Å²) in [6, 6.07) is 61.4. The first-order valence-electron chi connectivity index (χ1n) is 25.6. The molecule has 14 rings (SSSR count). The first-order valence-corrected chi connectivity index (χ1v) is 25.6. The SMILES string of the molecule is Cc1ccccc1N(c1ccc2c(c1)oc1cc3c4c(cccc4c12)-c1ccccc1N3c1cccc(-c2cccc(C3CCCCC3)c2O)c1)c1cccc2c1oc1c(C3CCCCC3)cccc12. The average Bonchev–Trinajstić information content (AvgIpc) is 3.99. The predicted molar refractivity (Wildman–Crippen MR) is 290 cm³/mol. The highest BCUT2D eigenvalue weighted by molar-refractivity contribution is 6.27. The lowest BCUT2D eigenvalue weighted by Crippen LogP contribution is -2.15. The van der Waals surface area contributed by atoms with Crippen LogP contribution in [0.5, 0.6) is 5.75 Å². The van der Waals surface area contributed by atoms with Gasteiger partial charge in [0, 0.05) is 61.6 Å². The number of hydrogen-bond donors (Lipinski definition) is 1. The third-order valence-corrected chi connectivity index (χ3v) is 16.2. The second kappa shape index (κ2) is 16.4. The van der Waals surface area contributed by atoms with Gasteiger partial charge >= 0.3 is 0 Å². The minimum atomic E-state index is 0.401. The van der Waals surface area contributed by atoms with E-state index >= 15 is 0 Å². The maximum atomic E-state index is 11.9. The lowest BCUT2D eigenvalue weighted by Gasteiger charge is -2.33. The summed E-state index contributed by atoms with van der Waals surface area (Å²) in [5.74, 6) is 1.34. The molecule has 0 atom stereocenters. The molecule has 5 heteroatoms. The van der Waals surface area contributed by atoms with E-state index in [1.165, 1.54) is 84.4 Å². The van der Waals surface area contributed by atoms with Crippen molar-refractivity contribution >= 4 is 88.8 Å². The van der Waals surface area contributed by atoms with E-state index in [1.54, 1.807) is 0 Å². The molecule has 0 spiro atoms. The second-order valence-electron chi connectivity index (χ2n) is 20.2. The van der Waals surface area contributed by atoms with Crippen molar-refractivity contribution in [1.82, 2.24) is 0 Å². The number of para-hydroxylation sites is 5. The predicted octanol–water partition coefficient (Wildman–Crippen LogP) is 19.3. The van der Waals surface area contributed by atoms with Crippen molar-refractivity contribution in [3.63, 3.8) is 0 Å². The van der Waals surface area contributed by atoms with Crippen molar-refractivity contribution in [2.45, 2.75) is 83.0 Å². The van der Waals surface area contributed by atoms with Crippen LogP contribution >= 0.6 is 0 Å². The zero-order valence-corrected chi connectivity index (χ0v) is 39.5. The maximum absolute atomic E-state index is 11.9. The minimum Gasteiger partial charge on any atom is -0.507 e. The van der Waals surface area contributed by atoms with Crippen LogP contribution in [0.2, 0.25) is 0 Å². The topological polar surface area (TPSA) is 53.0 Å². The van der Waals surface area contributed by atoms with Gasteiger partial charge in [-0.05, 0) is 120 Å². The number of hydrogen-bond acceptors (Lipinski definition) is 5. The summed E-state index contributed by atoms with van der Waals surface area (Å²) < 4.78 is 14.2. The Morgan fingerprint density at radius 3 is 1.97 bits per heavy atom. The van der Waals surface area contributed by atoms with Crippen LogP contribution in [-0.4, -0.2) is 5.11 Å². The summed E-state index contributed by atoms with van der Waals surface area (Å²) in [7, 11) is 0. The zero-order valence-electron chi connectivity index (χ0n) is 39.5. The lowest BCUT2D eigenvalue weighted by atomic mass is 9.82. The number of phenolic OH excluding ortho intramolecular Hbond substituents is 1. The third-order valence-electron chi connectivity index (χ3n) is 16.2. The third kappa shape index (κ3) is 6.44. The molecule has 9 aromatic carbocycles. The average molecular weight is 911 g/mol. The Labute approximate surface area is 408 Å². The van der Waals surface area contributed by atoms with Crippen molar-refractivity contribution in [1.29, 1.82) is 0 Å². The van der Waals surface area contributed by atoms with Crippen LogP contribution in [0.3, 0.4) is 0 Å². The van der Waals surface area contributed by atoms with Crippen LogP contribution < -0.4 is 9.80 Å². The van der Waals surface area contributed by atoms with E-state index in [1.807, 2.05) is 0 Å². The normalized spacial score (nSPS) is 15.4. The first-order chi connectivity index (χ1) is 34.6. The van der Waals surface area contributed by atoms with Crippen molar-refractivity contribution < 1.29 is 13.9 Å². The second-order valence-corrected chi connectivity index (χ2v) is 20.2. The number of benzene rings is 9. The molecule has 3 aliphatic rings. The number of anilines is 6. The minimum absolute atomic E-state index is 0.401. The van der Waals surface area contributed by atoms with E-state index in [2.05, 4.69) is 187 Å². The quantitative estimate of drug-likeness (QED) is 0.173. The van der Waals surface area contributed by atoms with Crippen LogP contribution in [-0.2, 0) is 0 Å². The van der Waals surface area contributed by atoms with Crippen LogP contribution in [0.15, 0.2) is 179 Å². The van der Waals surface area contributed by atoms with Crippen LogP contribution in [0.4, 0.5) is 34.1 Å². The van der Waals surface area contributed by atoms with Crippen molar-refractivity contribution in [3.8, 4) is 28.0 Å². The molecule has 2 saturated carbocycles. The summed E-state index contributed by atoms with van der Waals surface area (Å²) in [5, 5.41) is 18.7. The molecule has 1 N–H and O–H groups in total. The first kappa shape index (κ1) is 41.2. The lowest BCUT2D eigenvalue weighted by molar-refractivity contribution is 0.415. The summed E-state index contributed by atoms with van der Waals surface area (Å²) in [6.45, 7) is 2.19. The molecule has 0 unspecified atom stereocenters. The Morgan fingerprint density at radius 2 is 1.13 bits per heavy atom. The van der Waals surface area contributed by atoms with Crippen molar-refractivity contribution in [2.75, 3.05) is 9.80 Å². The molecule has 3 heterocycles. The molecule has 0 bridgehead atoms. The van der Waals surface area contributed by atoms with Gasteiger partial charge in [0.05, 0.1) is 22.7 Å². The van der Waals surface area contributed by atoms with Gasteiger partial charge in [0.2, 0.25) is 0 Å². The number of fused-ring (bicyclic) bond motifs is 9. The van der Waals surface area contributed by atoms with Gasteiger partial charge in [0.25, 0.3) is 0 Å². The van der Waals surface area contributed by atoms with E-state index < -0.39 is 0 Å². The zero-order chi connectivity index (χ0) is 46.5. The molecule has 2 aliphatic carbocycles. The molecule has 0 amide bonds. The summed E-state index contributed by atoms with van der Waals surface area (Å²) in [4.78, 5) is 4.75. The molecule has 0 radical (unpaired) electrons. The molecular formula is C65H54N2O3. The Bertz CT molecular complexity index is 3860. The van der Waals surface area contributed by atoms with Crippen molar-refractivity contribution in [2.24, 2.45) is 0 Å². The van der Waals surface area contributed by atoms with Gasteiger partial charge in [0.1, 0.15) is 22.5 Å². The van der Waals surface area contributed by atoms with Gasteiger partial charge in [-0.2, -0.15) is 0 Å². The number of furan rings is 2. The molecule has 342 valence electrons. The van der Waals surface area contributed by atoms with Crippen LogP contribution in [0, 0.1) is 6.92 Å². The Kier molecular flexibility index (Phi) is 9.69. The number of rotatable bonds is 7. The molecule has 0 saturated heterocycles. The molecule has 70 heavy (non-hydrogen) atoms. The van der Waals surface area contributed by atoms with E-state index in [-0.39, 0.29) is 0 Å². The van der Waals surface area contributed by atoms with Gasteiger partial charge in [-0.3, -0.25) is 0 Å². The van der Waals surface area contributed by atoms with Gasteiger partial charge < -0.3 is 23.7 Å². The summed E-state index contributed by atoms with van der Waals surface area (Å²) >= 11 is 0. The van der Waals surface area contributed by atoms with E-state index in [9.17, 15) is 5.11 Å². The van der Waals surface area contributed by atoms with Crippen LogP contribution in [0.25, 0.3) is 76.9 Å². The Balaban J connectivity index is 0.935. The molecule has 2 fully saturated rings. The highest BCUT2D eigenvalue weighted by Gasteiger charge is 2.30. The van der Waals surface area contributed by atoms with E-state index in [0.29, 0.717) is 17.6 Å². The number of aryl methyl sites for hydroxylation is 1. The Hall–Kier alpha value is -7.76. The van der Waals surface area contributed by atoms with Gasteiger partial charge in [-0.25, -0.2) is 0 Å². The van der Waals surface area contributed by atoms with Crippen LogP contribution in [0.1, 0.15) is 92.7 Å². The Morgan fingerprint density at radius 1 is 0.471 bits per heavy atom. The van der Waals surface area contributed by atoms with Gasteiger partial charge in [-0.15, -0.1) is 0 Å². The molecule has 5 nitrogen and oxygen atoms in total. The van der Waals surface area contributed by atoms with E-state index in [0.717, 1.165) is 108 Å². The molecule has 2 aromatic heterocycles. The van der Waals surface area contributed by atoms with E-state index in [4.69, 9.17) is 8.83 Å². The van der Waals surface area contributed by atoms with Gasteiger partial charge in [0.15, 0.2) is 5.58 Å². The number of phenols is 1. The monoisotopic (exact) mass is 910 g/mol. The fourth-order valence-corrected chi connectivity index (χ4v) is 12.9. The number of nitrogens with zero attached hydrogens (tertiary/aromatic N) is 2. The standard InChI is InChI=1S/C65H54N2O3/c1-40-17-8-10-32-55(40)66(57-34-16-30-52-51-29-14-27-48(64(51)70-65(52)57)42-20-6-3-7-21-42)45-35-36-53-59(38-45)69-60-39-58-61-50(28-15-31-54(61)62(53)60)49-24-9-11-33-56(49)67(58)44-23-12-22-43(37-44)47-26-13-25-46(63(47)68)41-18-4-2-5-19-41/h8-17,22-39,41-42,68H,2-7,18-21H2,1H3. The molecule has 11 aromatic rings. The maximum Gasteiger partial charge on any atom is 0.159 e. The van der Waals surface area contributed by atoms with Gasteiger partial charge in [-0.1, -0.05) is 154 Å². The summed E-state index contributed by atoms with van der Waals surface area (Å²) in [6.07, 6.45) is 12.3. The molecular weight excluding hydrogens is 857 g/mol. The smallest absolute Gasteiger partial charge is 0.159 e. The highest BCUT2D eigenvalue weighted by Crippen LogP contribution is 2.55. The van der Waals surface area contributed by atoms with Crippen molar-refractivity contribution in [3.05, 3.63) is 187 Å².